The van der Waals surface area contributed by atoms with E-state index in [1.165, 1.54) is 23.5 Å². The molecule has 10 N–H and O–H groups in total. The van der Waals surface area contributed by atoms with Crippen molar-refractivity contribution in [1.29, 1.82) is 0 Å². The van der Waals surface area contributed by atoms with Gasteiger partial charge in [-0.1, -0.05) is 93.5 Å². The highest BCUT2D eigenvalue weighted by atomic mass is 32.2. The van der Waals surface area contributed by atoms with E-state index in [0.717, 1.165) is 43.2 Å². The van der Waals surface area contributed by atoms with Gasteiger partial charge in [0.2, 0.25) is 0 Å². The summed E-state index contributed by atoms with van der Waals surface area (Å²) in [4.78, 5) is 57.8. The number of benzene rings is 3. The van der Waals surface area contributed by atoms with Gasteiger partial charge in [0.05, 0.1) is 12.1 Å². The van der Waals surface area contributed by atoms with Crippen molar-refractivity contribution >= 4 is 46.7 Å². The van der Waals surface area contributed by atoms with Crippen LogP contribution >= 0.6 is 23.5 Å². The Hall–Kier alpha value is -3.36. The lowest BCUT2D eigenvalue weighted by atomic mass is 9.83. The number of nitrogens with two attached hydrogens (primary N) is 5. The van der Waals surface area contributed by atoms with Gasteiger partial charge in [-0.3, -0.25) is 19.2 Å². The largest absolute Gasteiger partial charge is 0.492 e. The number of carbonyl (C=O) groups is 4. The van der Waals surface area contributed by atoms with Crippen molar-refractivity contribution < 1.29 is 23.9 Å². The maximum Gasteiger partial charge on any atom is 0.167 e. The normalized spacial score (nSPS) is 13.1. The van der Waals surface area contributed by atoms with E-state index in [1.807, 2.05) is 27.7 Å². The van der Waals surface area contributed by atoms with Crippen LogP contribution in [0.1, 0.15) is 136 Å². The van der Waals surface area contributed by atoms with Gasteiger partial charge in [-0.2, -0.15) is 0 Å². The third-order valence-electron chi connectivity index (χ3n) is 10.6. The van der Waals surface area contributed by atoms with Crippen LogP contribution in [-0.2, 0) is 46.1 Å². The highest BCUT2D eigenvalue weighted by Gasteiger charge is 2.27. The Labute approximate surface area is 380 Å². The summed E-state index contributed by atoms with van der Waals surface area (Å²) in [6, 6.07) is 12.0. The number of rotatable bonds is 25. The molecule has 0 aliphatic heterocycles. The summed E-state index contributed by atoms with van der Waals surface area (Å²) in [7, 11) is 0. The van der Waals surface area contributed by atoms with Gasteiger partial charge in [0.15, 0.2) is 23.1 Å². The van der Waals surface area contributed by atoms with Crippen LogP contribution in [-0.4, -0.2) is 73.0 Å². The van der Waals surface area contributed by atoms with Crippen molar-refractivity contribution in [1.82, 2.24) is 0 Å². The Morgan fingerprint density at radius 2 is 0.903 bits per heavy atom. The monoisotopic (exact) mass is 890 g/mol. The molecule has 0 aromatic heterocycles. The zero-order valence-electron chi connectivity index (χ0n) is 39.1. The van der Waals surface area contributed by atoms with E-state index in [4.69, 9.17) is 33.4 Å². The fraction of sp³-hybridized carbons (Fsp3) is 0.560. The molecule has 3 aromatic rings. The van der Waals surface area contributed by atoms with Gasteiger partial charge >= 0.3 is 0 Å². The average molecular weight is 890 g/mol. The number of thioether (sulfide) groups is 2. The molecule has 0 spiro atoms. The van der Waals surface area contributed by atoms with Crippen LogP contribution in [0, 0.1) is 11.8 Å². The minimum Gasteiger partial charge on any atom is -0.492 e. The van der Waals surface area contributed by atoms with Crippen LogP contribution in [0.25, 0.3) is 0 Å². The first kappa shape index (κ1) is 53.0. The molecule has 0 amide bonds. The van der Waals surface area contributed by atoms with Gasteiger partial charge in [-0.25, -0.2) is 0 Å². The molecule has 0 unspecified atom stereocenters. The molecule has 0 heterocycles. The number of Topliss-reactive ketones (excluding diaryl/α,β-unsaturated/α-hetero) is 4. The Balaban J connectivity index is 2.17. The summed E-state index contributed by atoms with van der Waals surface area (Å²) in [6.45, 7) is 22.1. The second kappa shape index (κ2) is 24.1. The average Bonchev–Trinajstić information content (AvgIpc) is 3.17. The summed E-state index contributed by atoms with van der Waals surface area (Å²) in [5.41, 5.74) is 35.9. The number of ketones is 4. The molecule has 0 fully saturated rings. The molecular weight excluding hydrogens is 815 g/mol. The Morgan fingerprint density at radius 1 is 0.548 bits per heavy atom. The predicted octanol–water partition coefficient (Wildman–Crippen LogP) is 7.54. The molecule has 0 saturated heterocycles. The van der Waals surface area contributed by atoms with Crippen LogP contribution in [0.5, 0.6) is 5.75 Å². The van der Waals surface area contributed by atoms with E-state index in [-0.39, 0.29) is 84.6 Å². The second-order valence-electron chi connectivity index (χ2n) is 19.4. The van der Waals surface area contributed by atoms with E-state index >= 15 is 0 Å². The lowest BCUT2D eigenvalue weighted by Gasteiger charge is -2.25. The summed E-state index contributed by atoms with van der Waals surface area (Å²) in [5, 5.41) is 0. The van der Waals surface area contributed by atoms with Crippen LogP contribution in [0.2, 0.25) is 0 Å². The van der Waals surface area contributed by atoms with Crippen molar-refractivity contribution in [3.63, 3.8) is 0 Å². The van der Waals surface area contributed by atoms with Crippen LogP contribution < -0.4 is 33.4 Å². The van der Waals surface area contributed by atoms with Crippen LogP contribution in [0.4, 0.5) is 0 Å². The third-order valence-corrected chi connectivity index (χ3v) is 13.1. The van der Waals surface area contributed by atoms with Gasteiger partial charge in [-0.05, 0) is 87.1 Å². The molecule has 0 aliphatic rings. The predicted molar refractivity (Wildman–Crippen MR) is 259 cm³/mol. The molecule has 3 aromatic carbocycles. The minimum atomic E-state index is -0.591. The fourth-order valence-corrected chi connectivity index (χ4v) is 9.15. The van der Waals surface area contributed by atoms with Crippen molar-refractivity contribution in [3.8, 4) is 5.75 Å². The molecular formula is C50H75N5O5S2. The second-order valence-corrected chi connectivity index (χ2v) is 21.6. The van der Waals surface area contributed by atoms with Crippen molar-refractivity contribution in [2.45, 2.75) is 140 Å². The summed E-state index contributed by atoms with van der Waals surface area (Å²) >= 11 is 3.08. The molecule has 0 bridgehead atoms. The molecule has 10 nitrogen and oxygen atoms in total. The number of hydrogen-bond donors (Lipinski definition) is 5. The Morgan fingerprint density at radius 3 is 1.21 bits per heavy atom. The smallest absolute Gasteiger partial charge is 0.167 e. The summed E-state index contributed by atoms with van der Waals surface area (Å²) in [5.74, 6) is 1.59. The lowest BCUT2D eigenvalue weighted by Crippen LogP contribution is -2.33. The molecule has 62 heavy (non-hydrogen) atoms. The number of ether oxygens (including phenoxy) is 1. The Kier molecular flexibility index (Phi) is 20.6. The van der Waals surface area contributed by atoms with E-state index in [0.29, 0.717) is 54.3 Å². The lowest BCUT2D eigenvalue weighted by molar-refractivity contribution is -0.120. The van der Waals surface area contributed by atoms with Crippen molar-refractivity contribution in [3.05, 3.63) is 87.0 Å². The molecule has 0 radical (unpaired) electrons. The van der Waals surface area contributed by atoms with E-state index in [1.54, 1.807) is 18.2 Å². The third kappa shape index (κ3) is 16.0. The first-order chi connectivity index (χ1) is 29.0. The van der Waals surface area contributed by atoms with Crippen molar-refractivity contribution in [2.75, 3.05) is 37.7 Å². The first-order valence-electron chi connectivity index (χ1n) is 22.1. The topological polar surface area (TPSA) is 208 Å². The fourth-order valence-electron chi connectivity index (χ4n) is 7.24. The molecule has 0 aliphatic carbocycles. The molecule has 0 saturated carbocycles. The highest BCUT2D eigenvalue weighted by Crippen LogP contribution is 2.37. The standard InChI is InChI=1S/C50H75N5O5S2/c1-30(2)17-41(54)45(58)28-36-22-38(49(5,6)7)20-34(47(36)61-15-12-52)26-43(56)32-19-33(25-40(24-32)60-14-11-51)44(57)27-35-21-39(50(8,9)10)23-37(48(35)62-16-13-53)29-46(59)42(55)18-31(3)4/h19-25,30-31,41-42H,11-18,26-29,51-55H2,1-10H3/t41-,42-/m1/s1. The van der Waals surface area contributed by atoms with E-state index in [9.17, 15) is 19.2 Å². The maximum atomic E-state index is 14.5. The molecule has 342 valence electrons. The Bertz CT molecular complexity index is 1880. The summed E-state index contributed by atoms with van der Waals surface area (Å²) < 4.78 is 5.98. The van der Waals surface area contributed by atoms with Gasteiger partial charge in [-0.15, -0.1) is 23.5 Å². The van der Waals surface area contributed by atoms with Crippen molar-refractivity contribution in [2.24, 2.45) is 40.5 Å². The minimum absolute atomic E-state index is 0.0217. The zero-order valence-corrected chi connectivity index (χ0v) is 40.7. The zero-order chi connectivity index (χ0) is 46.5. The van der Waals surface area contributed by atoms with Gasteiger partial charge < -0.3 is 33.4 Å². The summed E-state index contributed by atoms with van der Waals surface area (Å²) in [6.07, 6.45) is 1.51. The van der Waals surface area contributed by atoms with E-state index < -0.39 is 12.1 Å². The van der Waals surface area contributed by atoms with Crippen LogP contribution in [0.15, 0.2) is 52.3 Å². The van der Waals surface area contributed by atoms with Gasteiger partial charge in [0, 0.05) is 77.7 Å². The molecule has 3 rings (SSSR count). The molecule has 12 heteroatoms. The van der Waals surface area contributed by atoms with Gasteiger partial charge in [0.25, 0.3) is 0 Å². The molecule has 2 atom stereocenters. The maximum absolute atomic E-state index is 14.5. The van der Waals surface area contributed by atoms with Crippen LogP contribution in [0.3, 0.4) is 0 Å². The number of hydrogen-bond acceptors (Lipinski definition) is 12. The quantitative estimate of drug-likeness (QED) is 0.0413. The van der Waals surface area contributed by atoms with Gasteiger partial charge in [0.1, 0.15) is 12.4 Å². The van der Waals surface area contributed by atoms with E-state index in [2.05, 4.69) is 65.8 Å². The SMILES string of the molecule is CC(C)C[C@@H](N)C(=O)Cc1cc(C(C)(C)C)cc(CC(=O)c2cc(OCCN)cc(C(=O)Cc3cc(C(C)(C)C)cc(CC(=O)[C@H](N)CC(C)C)c3SCCN)c2)c1SCCN. The number of carbonyl (C=O) groups excluding carboxylic acids is 4. The highest BCUT2D eigenvalue weighted by molar-refractivity contribution is 7.99. The first-order valence-corrected chi connectivity index (χ1v) is 24.0.